The highest BCUT2D eigenvalue weighted by molar-refractivity contribution is 6.32. The summed E-state index contributed by atoms with van der Waals surface area (Å²) in [6.07, 6.45) is -0.863. The highest BCUT2D eigenvalue weighted by Crippen LogP contribution is 2.23. The van der Waals surface area contributed by atoms with Crippen LogP contribution in [0, 0.1) is 11.3 Å². The Kier molecular flexibility index (Phi) is 4.31. The number of carboxylic acid groups (broad SMARTS) is 1. The maximum absolute atomic E-state index is 12.1. The van der Waals surface area contributed by atoms with Gasteiger partial charge in [0.05, 0.1) is 16.7 Å². The second kappa shape index (κ2) is 5.99. The fourth-order valence-electron chi connectivity index (χ4n) is 2.15. The van der Waals surface area contributed by atoms with Crippen LogP contribution in [-0.4, -0.2) is 45.8 Å². The van der Waals surface area contributed by atoms with Crippen molar-refractivity contribution in [1.82, 2.24) is 4.90 Å². The Bertz CT molecular complexity index is 628. The summed E-state index contributed by atoms with van der Waals surface area (Å²) in [7, 11) is 0. The Labute approximate surface area is 125 Å². The number of hydrogen-bond donors (Lipinski definition) is 3. The molecule has 0 radical (unpaired) electrons. The molecule has 1 aliphatic heterocycles. The summed E-state index contributed by atoms with van der Waals surface area (Å²) in [6, 6.07) is 4.54. The predicted molar refractivity (Wildman–Crippen MR) is 73.9 cm³/mol. The van der Waals surface area contributed by atoms with Crippen LogP contribution in [0.4, 0.5) is 10.5 Å². The molecule has 1 heterocycles. The Hall–Kier alpha value is -2.30. The van der Waals surface area contributed by atoms with Gasteiger partial charge in [0, 0.05) is 18.7 Å². The van der Waals surface area contributed by atoms with Crippen molar-refractivity contribution in [3.8, 4) is 6.07 Å². The highest BCUT2D eigenvalue weighted by atomic mass is 35.5. The molecule has 110 valence electrons. The molecular weight excluding hydrogens is 298 g/mol. The molecule has 0 unspecified atom stereocenters. The van der Waals surface area contributed by atoms with Crippen LogP contribution in [0.5, 0.6) is 0 Å². The van der Waals surface area contributed by atoms with Crippen LogP contribution >= 0.6 is 11.6 Å². The van der Waals surface area contributed by atoms with Crippen molar-refractivity contribution in [2.45, 2.75) is 18.6 Å². The third kappa shape index (κ3) is 3.24. The number of halogens is 1. The van der Waals surface area contributed by atoms with Crippen molar-refractivity contribution < 1.29 is 19.8 Å². The first-order valence-corrected chi connectivity index (χ1v) is 6.48. The number of carbonyl (C=O) groups is 2. The smallest absolute Gasteiger partial charge is 0.326 e. The van der Waals surface area contributed by atoms with Crippen LogP contribution in [0.3, 0.4) is 0 Å². The Morgan fingerprint density at radius 3 is 2.76 bits per heavy atom. The summed E-state index contributed by atoms with van der Waals surface area (Å²) in [5.41, 5.74) is 0.615. The van der Waals surface area contributed by atoms with Crippen molar-refractivity contribution in [2.24, 2.45) is 0 Å². The second-order valence-corrected chi connectivity index (χ2v) is 5.04. The molecule has 0 spiro atoms. The van der Waals surface area contributed by atoms with Crippen LogP contribution < -0.4 is 5.32 Å². The van der Waals surface area contributed by atoms with Gasteiger partial charge in [0.2, 0.25) is 0 Å². The van der Waals surface area contributed by atoms with E-state index in [0.29, 0.717) is 5.69 Å². The van der Waals surface area contributed by atoms with Gasteiger partial charge < -0.3 is 20.4 Å². The number of carboxylic acids is 1. The second-order valence-electron chi connectivity index (χ2n) is 4.63. The van der Waals surface area contributed by atoms with E-state index in [1.165, 1.54) is 18.2 Å². The van der Waals surface area contributed by atoms with E-state index in [9.17, 15) is 14.7 Å². The van der Waals surface area contributed by atoms with Crippen molar-refractivity contribution in [3.05, 3.63) is 28.8 Å². The number of likely N-dealkylation sites (tertiary alicyclic amines) is 1. The molecule has 7 nitrogen and oxygen atoms in total. The van der Waals surface area contributed by atoms with Crippen LogP contribution in [-0.2, 0) is 4.79 Å². The van der Waals surface area contributed by atoms with E-state index in [4.69, 9.17) is 22.0 Å². The van der Waals surface area contributed by atoms with Gasteiger partial charge in [-0.15, -0.1) is 0 Å². The number of aliphatic hydroxyl groups excluding tert-OH is 1. The van der Waals surface area contributed by atoms with Crippen molar-refractivity contribution in [3.63, 3.8) is 0 Å². The molecule has 3 N–H and O–H groups in total. The molecule has 1 fully saturated rings. The van der Waals surface area contributed by atoms with E-state index in [1.54, 1.807) is 0 Å². The zero-order valence-corrected chi connectivity index (χ0v) is 11.5. The molecule has 0 saturated carbocycles. The van der Waals surface area contributed by atoms with E-state index in [0.717, 1.165) is 4.90 Å². The number of nitriles is 1. The zero-order chi connectivity index (χ0) is 15.6. The third-order valence-corrected chi connectivity index (χ3v) is 3.48. The number of rotatable bonds is 2. The minimum atomic E-state index is -1.17. The average Bonchev–Trinajstić information content (AvgIpc) is 2.81. The molecule has 2 atom stereocenters. The number of benzene rings is 1. The maximum Gasteiger partial charge on any atom is 0.326 e. The van der Waals surface area contributed by atoms with Crippen LogP contribution in [0.25, 0.3) is 0 Å². The third-order valence-electron chi connectivity index (χ3n) is 3.17. The van der Waals surface area contributed by atoms with Crippen LogP contribution in [0.2, 0.25) is 5.02 Å². The number of carbonyl (C=O) groups excluding carboxylic acids is 1. The van der Waals surface area contributed by atoms with Gasteiger partial charge in [-0.05, 0) is 18.2 Å². The Morgan fingerprint density at radius 2 is 2.19 bits per heavy atom. The number of nitrogens with zero attached hydrogens (tertiary/aromatic N) is 2. The predicted octanol–water partition coefficient (Wildman–Crippen LogP) is 1.26. The lowest BCUT2D eigenvalue weighted by molar-refractivity contribution is -0.141. The zero-order valence-electron chi connectivity index (χ0n) is 10.8. The summed E-state index contributed by atoms with van der Waals surface area (Å²) >= 11 is 5.85. The summed E-state index contributed by atoms with van der Waals surface area (Å²) in [5, 5.41) is 30.0. The number of aliphatic carboxylic acids is 1. The molecule has 0 bridgehead atoms. The molecule has 1 aromatic carbocycles. The van der Waals surface area contributed by atoms with Gasteiger partial charge >= 0.3 is 12.0 Å². The molecule has 0 aromatic heterocycles. The van der Waals surface area contributed by atoms with Gasteiger partial charge in [-0.2, -0.15) is 5.26 Å². The largest absolute Gasteiger partial charge is 0.480 e. The lowest BCUT2D eigenvalue weighted by Crippen LogP contribution is -2.43. The summed E-state index contributed by atoms with van der Waals surface area (Å²) in [5.74, 6) is -1.17. The number of β-amino-alcohol motifs (C(OH)–C–C–N with tert-alkyl or cyclic N) is 1. The van der Waals surface area contributed by atoms with Gasteiger partial charge in [0.1, 0.15) is 12.1 Å². The Morgan fingerprint density at radius 1 is 1.48 bits per heavy atom. The van der Waals surface area contributed by atoms with Gasteiger partial charge in [-0.1, -0.05) is 11.6 Å². The van der Waals surface area contributed by atoms with Gasteiger partial charge in [-0.25, -0.2) is 9.59 Å². The monoisotopic (exact) mass is 309 g/mol. The summed E-state index contributed by atoms with van der Waals surface area (Å²) in [4.78, 5) is 24.2. The summed E-state index contributed by atoms with van der Waals surface area (Å²) < 4.78 is 0. The lowest BCUT2D eigenvalue weighted by atomic mass is 10.2. The number of urea groups is 1. The Balaban J connectivity index is 2.12. The van der Waals surface area contributed by atoms with Crippen LogP contribution in [0.1, 0.15) is 12.0 Å². The molecule has 2 amide bonds. The maximum atomic E-state index is 12.1. The molecular formula is C13H12ClN3O4. The van der Waals surface area contributed by atoms with Gasteiger partial charge in [0.25, 0.3) is 0 Å². The van der Waals surface area contributed by atoms with Crippen molar-refractivity contribution >= 4 is 29.3 Å². The molecule has 21 heavy (non-hydrogen) atoms. The first-order chi connectivity index (χ1) is 9.92. The fourth-order valence-corrected chi connectivity index (χ4v) is 2.37. The fraction of sp³-hybridized carbons (Fsp3) is 0.308. The van der Waals surface area contributed by atoms with E-state index in [-0.39, 0.29) is 23.6 Å². The van der Waals surface area contributed by atoms with Crippen molar-refractivity contribution in [1.29, 1.82) is 5.26 Å². The van der Waals surface area contributed by atoms with Crippen molar-refractivity contribution in [2.75, 3.05) is 11.9 Å². The molecule has 1 aromatic rings. The van der Waals surface area contributed by atoms with Gasteiger partial charge in [0.15, 0.2) is 0 Å². The van der Waals surface area contributed by atoms with E-state index in [2.05, 4.69) is 5.32 Å². The quantitative estimate of drug-likeness (QED) is 0.761. The standard InChI is InChI=1S/C13H12ClN3O4/c14-10-3-8(2-1-7(10)5-15)16-13(21)17-6-9(18)4-11(17)12(19)20/h1-3,9,11,18H,4,6H2,(H,16,21)(H,19,20)/t9-,11-/m0/s1. The van der Waals surface area contributed by atoms with E-state index < -0.39 is 24.1 Å². The molecule has 2 rings (SSSR count). The average molecular weight is 310 g/mol. The SMILES string of the molecule is N#Cc1ccc(NC(=O)N2C[C@@H](O)C[C@H]2C(=O)O)cc1Cl. The minimum absolute atomic E-state index is 0.00310. The topological polar surface area (TPSA) is 114 Å². The molecule has 8 heteroatoms. The lowest BCUT2D eigenvalue weighted by Gasteiger charge is -2.21. The van der Waals surface area contributed by atoms with Gasteiger partial charge in [-0.3, -0.25) is 0 Å². The molecule has 0 aliphatic carbocycles. The number of amides is 2. The van der Waals surface area contributed by atoms with E-state index in [1.807, 2.05) is 6.07 Å². The highest BCUT2D eigenvalue weighted by Gasteiger charge is 2.39. The normalized spacial score (nSPS) is 20.9. The first-order valence-electron chi connectivity index (χ1n) is 6.10. The van der Waals surface area contributed by atoms with Crippen LogP contribution in [0.15, 0.2) is 18.2 Å². The van der Waals surface area contributed by atoms with E-state index >= 15 is 0 Å². The number of anilines is 1. The first kappa shape index (κ1) is 15.1. The number of aliphatic hydroxyl groups is 1. The minimum Gasteiger partial charge on any atom is -0.480 e. The number of nitrogens with one attached hydrogen (secondary N) is 1. The molecule has 1 saturated heterocycles. The summed E-state index contributed by atoms with van der Waals surface area (Å²) in [6.45, 7) is -0.0488. The number of hydrogen-bond acceptors (Lipinski definition) is 4. The molecule has 1 aliphatic rings.